The third-order valence-electron chi connectivity index (χ3n) is 3.93. The van der Waals surface area contributed by atoms with Gasteiger partial charge in [0.1, 0.15) is 5.78 Å². The van der Waals surface area contributed by atoms with Crippen LogP contribution >= 0.6 is 0 Å². The molecule has 0 amide bonds. The molecule has 134 valence electrons. The van der Waals surface area contributed by atoms with Crippen LogP contribution in [0, 0.1) is 5.41 Å². The zero-order valence-corrected chi connectivity index (χ0v) is 15.0. The number of ketones is 1. The first-order valence-electron chi connectivity index (χ1n) is 8.28. The summed E-state index contributed by atoms with van der Waals surface area (Å²) in [5.41, 5.74) is -0.00366. The summed E-state index contributed by atoms with van der Waals surface area (Å²) in [6.45, 7) is 8.15. The first-order valence-corrected chi connectivity index (χ1v) is 8.28. The van der Waals surface area contributed by atoms with E-state index in [-0.39, 0.29) is 11.2 Å². The van der Waals surface area contributed by atoms with Crippen LogP contribution in [0.15, 0.2) is 16.4 Å². The van der Waals surface area contributed by atoms with Gasteiger partial charge in [0.05, 0.1) is 38.5 Å². The number of Topliss-reactive ketones (excluding diaryl/α,β-unsaturated/α-hetero) is 1. The van der Waals surface area contributed by atoms with Gasteiger partial charge in [-0.25, -0.2) is 4.68 Å². The Morgan fingerprint density at radius 2 is 2.00 bits per heavy atom. The Morgan fingerprint density at radius 3 is 2.62 bits per heavy atom. The largest absolute Gasteiger partial charge is 0.382 e. The fourth-order valence-corrected chi connectivity index (χ4v) is 2.15. The zero-order chi connectivity index (χ0) is 17.6. The van der Waals surface area contributed by atoms with Crippen LogP contribution in [0.25, 0.3) is 0 Å². The molecule has 1 aromatic heterocycles. The lowest BCUT2D eigenvalue weighted by molar-refractivity contribution is -0.127. The van der Waals surface area contributed by atoms with E-state index in [1.807, 2.05) is 27.0 Å². The van der Waals surface area contributed by atoms with E-state index in [9.17, 15) is 4.79 Å². The van der Waals surface area contributed by atoms with Gasteiger partial charge in [-0.2, -0.15) is 10.2 Å². The van der Waals surface area contributed by atoms with Crippen LogP contribution in [-0.4, -0.2) is 53.4 Å². The van der Waals surface area contributed by atoms with Crippen molar-refractivity contribution in [2.75, 3.05) is 26.9 Å². The molecule has 0 radical (unpaired) electrons. The Balaban J connectivity index is 1.72. The minimum Gasteiger partial charge on any atom is -0.382 e. The second kappa shape index (κ2) is 7.94. The number of carbonyl (C=O) groups excluding carboxylic acids is 1. The van der Waals surface area contributed by atoms with Crippen molar-refractivity contribution in [2.45, 2.75) is 52.2 Å². The number of ether oxygens (including phenoxy) is 2. The molecule has 0 atom stereocenters. The minimum atomic E-state index is -0.530. The first-order chi connectivity index (χ1) is 11.3. The Labute approximate surface area is 142 Å². The number of nitrogens with zero attached hydrogens (tertiary/aromatic N) is 5. The summed E-state index contributed by atoms with van der Waals surface area (Å²) in [7, 11) is 1.65. The van der Waals surface area contributed by atoms with Crippen molar-refractivity contribution in [3.8, 4) is 0 Å². The van der Waals surface area contributed by atoms with Gasteiger partial charge in [-0.3, -0.25) is 4.79 Å². The third-order valence-corrected chi connectivity index (χ3v) is 3.93. The highest BCUT2D eigenvalue weighted by atomic mass is 16.5. The maximum atomic E-state index is 12.2. The lowest BCUT2D eigenvalue weighted by atomic mass is 9.85. The van der Waals surface area contributed by atoms with E-state index in [0.717, 1.165) is 5.69 Å². The molecule has 1 aliphatic heterocycles. The monoisotopic (exact) mass is 337 g/mol. The van der Waals surface area contributed by atoms with Gasteiger partial charge in [0, 0.05) is 25.1 Å². The molecule has 24 heavy (non-hydrogen) atoms. The predicted molar refractivity (Wildman–Crippen MR) is 87.7 cm³/mol. The average molecular weight is 337 g/mol. The smallest absolute Gasteiger partial charge is 0.198 e. The van der Waals surface area contributed by atoms with Crippen LogP contribution in [0.5, 0.6) is 0 Å². The van der Waals surface area contributed by atoms with Gasteiger partial charge in [0.15, 0.2) is 5.66 Å². The van der Waals surface area contributed by atoms with E-state index >= 15 is 0 Å². The number of aromatic nitrogens is 3. The average Bonchev–Trinajstić information content (AvgIpc) is 3.13. The van der Waals surface area contributed by atoms with E-state index in [4.69, 9.17) is 9.47 Å². The molecule has 0 unspecified atom stereocenters. The van der Waals surface area contributed by atoms with Crippen molar-refractivity contribution in [3.63, 3.8) is 0 Å². The van der Waals surface area contributed by atoms with Crippen molar-refractivity contribution in [1.29, 1.82) is 0 Å². The molecule has 1 aromatic rings. The minimum absolute atomic E-state index is 0.185. The maximum absolute atomic E-state index is 12.2. The first kappa shape index (κ1) is 18.7. The predicted octanol–water partition coefficient (Wildman–Crippen LogP) is 2.04. The molecule has 0 saturated heterocycles. The fraction of sp³-hybridized carbons (Fsp3) is 0.812. The SMILES string of the molecule is COCCOCCn1cc(CCC2(CC(=O)C(C)(C)C)N=N2)nn1. The van der Waals surface area contributed by atoms with Crippen LogP contribution in [0.4, 0.5) is 0 Å². The summed E-state index contributed by atoms with van der Waals surface area (Å²) in [6.07, 6.45) is 3.67. The molecular weight excluding hydrogens is 310 g/mol. The number of rotatable bonds is 11. The summed E-state index contributed by atoms with van der Waals surface area (Å²) >= 11 is 0. The van der Waals surface area contributed by atoms with Gasteiger partial charge in [-0.05, 0) is 6.42 Å². The number of hydrogen-bond donors (Lipinski definition) is 0. The van der Waals surface area contributed by atoms with E-state index in [0.29, 0.717) is 45.6 Å². The molecule has 0 fully saturated rings. The van der Waals surface area contributed by atoms with Crippen molar-refractivity contribution >= 4 is 5.78 Å². The highest BCUT2D eigenvalue weighted by Crippen LogP contribution is 2.38. The molecule has 2 rings (SSSR count). The van der Waals surface area contributed by atoms with Crippen LogP contribution in [0.3, 0.4) is 0 Å². The van der Waals surface area contributed by atoms with E-state index < -0.39 is 5.66 Å². The van der Waals surface area contributed by atoms with Gasteiger partial charge in [-0.1, -0.05) is 26.0 Å². The molecule has 2 heterocycles. The Kier molecular flexibility index (Phi) is 6.17. The lowest BCUT2D eigenvalue weighted by Crippen LogP contribution is -2.27. The third kappa shape index (κ3) is 5.76. The standard InChI is InChI=1S/C16H27N5O3/c1-15(2,3)14(22)11-16(18-19-16)6-5-13-12-21(20-17-13)7-8-24-10-9-23-4/h12H,5-11H2,1-4H3. The van der Waals surface area contributed by atoms with Gasteiger partial charge < -0.3 is 9.47 Å². The Bertz CT molecular complexity index is 571. The number of aryl methyl sites for hydroxylation is 1. The van der Waals surface area contributed by atoms with Gasteiger partial charge >= 0.3 is 0 Å². The lowest BCUT2D eigenvalue weighted by Gasteiger charge is -2.18. The van der Waals surface area contributed by atoms with Gasteiger partial charge in [0.2, 0.25) is 0 Å². The molecular formula is C16H27N5O3. The van der Waals surface area contributed by atoms with Crippen molar-refractivity contribution in [3.05, 3.63) is 11.9 Å². The number of carbonyl (C=O) groups is 1. The molecule has 0 aliphatic carbocycles. The molecule has 1 aliphatic rings. The fourth-order valence-electron chi connectivity index (χ4n) is 2.15. The second-order valence-corrected chi connectivity index (χ2v) is 7.11. The Hall–Kier alpha value is -1.67. The molecule has 0 aromatic carbocycles. The van der Waals surface area contributed by atoms with E-state index in [1.165, 1.54) is 0 Å². The van der Waals surface area contributed by atoms with E-state index in [2.05, 4.69) is 20.5 Å². The quantitative estimate of drug-likeness (QED) is 0.576. The van der Waals surface area contributed by atoms with Gasteiger partial charge in [-0.15, -0.1) is 5.10 Å². The molecule has 0 saturated carbocycles. The molecule has 0 spiro atoms. The number of hydrogen-bond acceptors (Lipinski definition) is 7. The topological polar surface area (TPSA) is 91.0 Å². The van der Waals surface area contributed by atoms with Crippen molar-refractivity contribution < 1.29 is 14.3 Å². The number of methoxy groups -OCH3 is 1. The van der Waals surface area contributed by atoms with Crippen LogP contribution in [-0.2, 0) is 27.2 Å². The van der Waals surface area contributed by atoms with Gasteiger partial charge in [0.25, 0.3) is 0 Å². The summed E-state index contributed by atoms with van der Waals surface area (Å²) in [4.78, 5) is 12.2. The second-order valence-electron chi connectivity index (χ2n) is 7.11. The molecule has 0 N–H and O–H groups in total. The molecule has 0 bridgehead atoms. The molecule has 8 nitrogen and oxygen atoms in total. The van der Waals surface area contributed by atoms with E-state index in [1.54, 1.807) is 11.8 Å². The summed E-state index contributed by atoms with van der Waals surface area (Å²) < 4.78 is 12.1. The van der Waals surface area contributed by atoms with Crippen molar-refractivity contribution in [1.82, 2.24) is 15.0 Å². The maximum Gasteiger partial charge on any atom is 0.198 e. The summed E-state index contributed by atoms with van der Waals surface area (Å²) in [5, 5.41) is 16.4. The highest BCUT2D eigenvalue weighted by Gasteiger charge is 2.43. The molecule has 8 heteroatoms. The zero-order valence-electron chi connectivity index (χ0n) is 15.0. The van der Waals surface area contributed by atoms with Crippen LogP contribution in [0.2, 0.25) is 0 Å². The van der Waals surface area contributed by atoms with Crippen LogP contribution < -0.4 is 0 Å². The van der Waals surface area contributed by atoms with Crippen molar-refractivity contribution in [2.24, 2.45) is 15.6 Å². The normalized spacial score (nSPS) is 15.7. The van der Waals surface area contributed by atoms with Crippen LogP contribution in [0.1, 0.15) is 39.3 Å². The summed E-state index contributed by atoms with van der Waals surface area (Å²) in [5.74, 6) is 0.185. The highest BCUT2D eigenvalue weighted by molar-refractivity contribution is 5.84. The Morgan fingerprint density at radius 1 is 1.25 bits per heavy atom. The summed E-state index contributed by atoms with van der Waals surface area (Å²) in [6, 6.07) is 0.